The second-order valence-corrected chi connectivity index (χ2v) is 6.26. The second-order valence-electron chi connectivity index (χ2n) is 5.40. The molecule has 0 aromatic carbocycles. The minimum Gasteiger partial charge on any atom is -0.726 e. The predicted molar refractivity (Wildman–Crippen MR) is 56.3 cm³/mol. The third-order valence-corrected chi connectivity index (χ3v) is 2.42. The van der Waals surface area contributed by atoms with Crippen LogP contribution in [0.4, 0.5) is 0 Å². The Morgan fingerprint density at radius 1 is 1.13 bits per heavy atom. The van der Waals surface area contributed by atoms with E-state index in [1.54, 1.807) is 0 Å². The SMILES string of the molecule is CC1(C)CCCC(C)(C)[NH2+]1.O=S(=O)([O-])O. The Morgan fingerprint density at radius 2 is 1.40 bits per heavy atom. The molecule has 0 radical (unpaired) electrons. The summed E-state index contributed by atoms with van der Waals surface area (Å²) in [5, 5.41) is 2.52. The van der Waals surface area contributed by atoms with Crippen molar-refractivity contribution in [3.05, 3.63) is 0 Å². The highest BCUT2D eigenvalue weighted by Crippen LogP contribution is 2.20. The number of hydrogen-bond donors (Lipinski definition) is 2. The molecule has 0 amide bonds. The van der Waals surface area contributed by atoms with Gasteiger partial charge >= 0.3 is 0 Å². The molecule has 0 aromatic heterocycles. The van der Waals surface area contributed by atoms with Gasteiger partial charge in [-0.3, -0.25) is 4.55 Å². The van der Waals surface area contributed by atoms with Crippen LogP contribution in [-0.4, -0.2) is 28.6 Å². The maximum atomic E-state index is 8.63. The topological polar surface area (TPSA) is 94.0 Å². The zero-order chi connectivity index (χ0) is 12.3. The molecule has 6 heteroatoms. The summed E-state index contributed by atoms with van der Waals surface area (Å²) in [6.07, 6.45) is 4.14. The Hall–Kier alpha value is -0.170. The molecular weight excluding hydrogens is 218 g/mol. The average molecular weight is 239 g/mol. The summed E-state index contributed by atoms with van der Waals surface area (Å²) in [7, 11) is -4.92. The summed E-state index contributed by atoms with van der Waals surface area (Å²) in [6.45, 7) is 9.36. The van der Waals surface area contributed by atoms with Crippen molar-refractivity contribution in [2.24, 2.45) is 0 Å². The van der Waals surface area contributed by atoms with Crippen LogP contribution < -0.4 is 5.32 Å². The van der Waals surface area contributed by atoms with Crippen LogP contribution in [0.15, 0.2) is 0 Å². The van der Waals surface area contributed by atoms with Crippen molar-refractivity contribution in [3.63, 3.8) is 0 Å². The first-order valence-electron chi connectivity index (χ1n) is 4.97. The van der Waals surface area contributed by atoms with Crippen molar-refractivity contribution >= 4 is 10.4 Å². The lowest BCUT2D eigenvalue weighted by molar-refractivity contribution is -0.787. The zero-order valence-electron chi connectivity index (χ0n) is 9.78. The van der Waals surface area contributed by atoms with E-state index in [0.717, 1.165) is 0 Å². The normalized spacial score (nSPS) is 23.9. The number of nitrogens with two attached hydrogens (primary N) is 1. The van der Waals surface area contributed by atoms with Gasteiger partial charge in [-0.05, 0) is 34.1 Å². The maximum Gasteiger partial charge on any atom is 0.215 e. The molecule has 5 nitrogen and oxygen atoms in total. The van der Waals surface area contributed by atoms with E-state index in [1.807, 2.05) is 0 Å². The first-order chi connectivity index (χ1) is 6.41. The van der Waals surface area contributed by atoms with E-state index in [-0.39, 0.29) is 0 Å². The van der Waals surface area contributed by atoms with Gasteiger partial charge in [0.15, 0.2) is 0 Å². The highest BCUT2D eigenvalue weighted by molar-refractivity contribution is 7.79. The molecule has 0 unspecified atom stereocenters. The van der Waals surface area contributed by atoms with E-state index in [0.29, 0.717) is 11.1 Å². The van der Waals surface area contributed by atoms with E-state index in [4.69, 9.17) is 17.5 Å². The molecular formula is C9H21NO4S. The van der Waals surface area contributed by atoms with Gasteiger partial charge in [0.05, 0.1) is 11.1 Å². The minimum absolute atomic E-state index is 0.488. The molecule has 1 saturated heterocycles. The minimum atomic E-state index is -4.92. The summed E-state index contributed by atoms with van der Waals surface area (Å²) in [5.41, 5.74) is 0.976. The monoisotopic (exact) mass is 239 g/mol. The van der Waals surface area contributed by atoms with E-state index in [2.05, 4.69) is 33.0 Å². The van der Waals surface area contributed by atoms with Gasteiger partial charge in [-0.2, -0.15) is 0 Å². The third-order valence-electron chi connectivity index (χ3n) is 2.42. The summed E-state index contributed by atoms with van der Waals surface area (Å²) in [4.78, 5) is 0. The van der Waals surface area contributed by atoms with Crippen molar-refractivity contribution in [2.45, 2.75) is 58.0 Å². The number of quaternary nitrogens is 1. The fourth-order valence-electron chi connectivity index (χ4n) is 2.20. The summed E-state index contributed by atoms with van der Waals surface area (Å²) in [6, 6.07) is 0. The van der Waals surface area contributed by atoms with Crippen LogP contribution in [0.2, 0.25) is 0 Å². The van der Waals surface area contributed by atoms with Gasteiger partial charge < -0.3 is 9.87 Å². The van der Waals surface area contributed by atoms with Crippen molar-refractivity contribution in [1.82, 2.24) is 0 Å². The molecule has 1 aliphatic heterocycles. The Labute approximate surface area is 91.8 Å². The zero-order valence-corrected chi connectivity index (χ0v) is 10.6. The Morgan fingerprint density at radius 3 is 1.53 bits per heavy atom. The first kappa shape index (κ1) is 14.8. The molecule has 1 heterocycles. The van der Waals surface area contributed by atoms with E-state index >= 15 is 0 Å². The van der Waals surface area contributed by atoms with Crippen LogP contribution in [0.1, 0.15) is 47.0 Å². The molecule has 15 heavy (non-hydrogen) atoms. The fraction of sp³-hybridized carbons (Fsp3) is 1.00. The van der Waals surface area contributed by atoms with Crippen LogP contribution in [0.5, 0.6) is 0 Å². The lowest BCUT2D eigenvalue weighted by Crippen LogP contribution is -3.04. The van der Waals surface area contributed by atoms with Crippen LogP contribution in [-0.2, 0) is 10.4 Å². The molecule has 1 fully saturated rings. The van der Waals surface area contributed by atoms with Gasteiger partial charge in [0.1, 0.15) is 0 Å². The number of rotatable bonds is 0. The summed E-state index contributed by atoms with van der Waals surface area (Å²) < 4.78 is 32.8. The number of piperidine rings is 1. The summed E-state index contributed by atoms with van der Waals surface area (Å²) in [5.74, 6) is 0. The highest BCUT2D eigenvalue weighted by atomic mass is 32.3. The van der Waals surface area contributed by atoms with Crippen molar-refractivity contribution in [3.8, 4) is 0 Å². The molecule has 0 bridgehead atoms. The van der Waals surface area contributed by atoms with Gasteiger partial charge in [0.25, 0.3) is 0 Å². The lowest BCUT2D eigenvalue weighted by Gasteiger charge is -2.38. The first-order valence-corrected chi connectivity index (χ1v) is 6.33. The highest BCUT2D eigenvalue weighted by Gasteiger charge is 2.35. The Bertz CT molecular complexity index is 273. The van der Waals surface area contributed by atoms with Crippen molar-refractivity contribution in [2.75, 3.05) is 0 Å². The quantitative estimate of drug-likeness (QED) is 0.469. The van der Waals surface area contributed by atoms with Crippen molar-refractivity contribution in [1.29, 1.82) is 0 Å². The largest absolute Gasteiger partial charge is 0.726 e. The molecule has 1 aliphatic rings. The van der Waals surface area contributed by atoms with Crippen LogP contribution in [0, 0.1) is 0 Å². The molecule has 0 aliphatic carbocycles. The molecule has 92 valence electrons. The Balaban J connectivity index is 0.000000336. The van der Waals surface area contributed by atoms with Crippen LogP contribution in [0.3, 0.4) is 0 Å². The molecule has 0 aromatic rings. The molecule has 0 saturated carbocycles. The smallest absolute Gasteiger partial charge is 0.215 e. The molecule has 3 N–H and O–H groups in total. The number of hydrogen-bond acceptors (Lipinski definition) is 3. The molecule has 0 atom stereocenters. The second kappa shape index (κ2) is 4.78. The van der Waals surface area contributed by atoms with Gasteiger partial charge in [-0.1, -0.05) is 0 Å². The van der Waals surface area contributed by atoms with Crippen LogP contribution >= 0.6 is 0 Å². The average Bonchev–Trinajstić information content (AvgIpc) is 1.74. The van der Waals surface area contributed by atoms with Gasteiger partial charge in [-0.25, -0.2) is 8.42 Å². The van der Waals surface area contributed by atoms with Crippen LogP contribution in [0.25, 0.3) is 0 Å². The summed E-state index contributed by atoms with van der Waals surface area (Å²) >= 11 is 0. The van der Waals surface area contributed by atoms with E-state index in [1.165, 1.54) is 19.3 Å². The fourth-order valence-corrected chi connectivity index (χ4v) is 2.20. The standard InChI is InChI=1S/C9H19N.H2O4S/c1-8(2)6-5-7-9(3,4)10-8;1-5(2,3)4/h10H,5-7H2,1-4H3;(H2,1,2,3,4). The maximum absolute atomic E-state index is 8.63. The van der Waals surface area contributed by atoms with Gasteiger partial charge in [0.2, 0.25) is 10.4 Å². The lowest BCUT2D eigenvalue weighted by atomic mass is 9.83. The van der Waals surface area contributed by atoms with Gasteiger partial charge in [-0.15, -0.1) is 0 Å². The van der Waals surface area contributed by atoms with E-state index < -0.39 is 10.4 Å². The Kier molecular flexibility index (Phi) is 4.72. The molecule has 0 spiro atoms. The van der Waals surface area contributed by atoms with Crippen molar-refractivity contribution < 1.29 is 22.8 Å². The molecule has 1 rings (SSSR count). The van der Waals surface area contributed by atoms with E-state index in [9.17, 15) is 0 Å². The third kappa shape index (κ3) is 10.1. The predicted octanol–water partition coefficient (Wildman–Crippen LogP) is 0.296. The van der Waals surface area contributed by atoms with Gasteiger partial charge in [0, 0.05) is 12.8 Å².